The van der Waals surface area contributed by atoms with Crippen LogP contribution in [0.5, 0.6) is 5.75 Å². The number of hydrogen-bond donors (Lipinski definition) is 1. The summed E-state index contributed by atoms with van der Waals surface area (Å²) >= 11 is 12.3. The standard InChI is InChI=1S/C29H28Cl2N4O4S/c1-4-39-25-13-11-24(12-14-25)34(40(37,38)26-15-9-23(30)10-16-26)19-29(36)33-32-18-22-17-20(2)35(21(22)3)28-8-6-5-7-27(28)31/h5-18H,4,19H2,1-3H3,(H,33,36)/b32-18+. The number of rotatable bonds is 10. The van der Waals surface area contributed by atoms with E-state index in [1.807, 2.05) is 55.7 Å². The first-order valence-electron chi connectivity index (χ1n) is 12.4. The van der Waals surface area contributed by atoms with E-state index in [4.69, 9.17) is 27.9 Å². The van der Waals surface area contributed by atoms with Gasteiger partial charge in [-0.25, -0.2) is 13.8 Å². The fraction of sp³-hybridized carbons (Fsp3) is 0.172. The van der Waals surface area contributed by atoms with Crippen molar-refractivity contribution in [2.24, 2.45) is 5.10 Å². The van der Waals surface area contributed by atoms with Crippen molar-refractivity contribution < 1.29 is 17.9 Å². The van der Waals surface area contributed by atoms with Gasteiger partial charge in [-0.2, -0.15) is 5.10 Å². The van der Waals surface area contributed by atoms with Crippen molar-refractivity contribution in [2.75, 3.05) is 17.5 Å². The first kappa shape index (κ1) is 29.2. The van der Waals surface area contributed by atoms with E-state index in [0.29, 0.717) is 28.1 Å². The molecule has 0 aliphatic heterocycles. The smallest absolute Gasteiger partial charge is 0.264 e. The summed E-state index contributed by atoms with van der Waals surface area (Å²) in [5, 5.41) is 5.10. The van der Waals surface area contributed by atoms with Crippen LogP contribution in [0.2, 0.25) is 10.0 Å². The zero-order valence-electron chi connectivity index (χ0n) is 22.1. The van der Waals surface area contributed by atoms with Crippen LogP contribution in [0, 0.1) is 13.8 Å². The first-order chi connectivity index (χ1) is 19.1. The lowest BCUT2D eigenvalue weighted by molar-refractivity contribution is -0.119. The minimum atomic E-state index is -4.11. The van der Waals surface area contributed by atoms with E-state index in [0.717, 1.165) is 26.9 Å². The van der Waals surface area contributed by atoms with Crippen molar-refractivity contribution in [1.82, 2.24) is 9.99 Å². The van der Waals surface area contributed by atoms with Gasteiger partial charge in [-0.15, -0.1) is 0 Å². The van der Waals surface area contributed by atoms with Gasteiger partial charge in [-0.05, 0) is 87.5 Å². The highest BCUT2D eigenvalue weighted by molar-refractivity contribution is 7.92. The number of halogens is 2. The third-order valence-corrected chi connectivity index (χ3v) is 8.44. The van der Waals surface area contributed by atoms with Crippen LogP contribution in [0.3, 0.4) is 0 Å². The molecule has 0 aliphatic rings. The zero-order chi connectivity index (χ0) is 28.9. The maximum atomic E-state index is 13.6. The van der Waals surface area contributed by atoms with Gasteiger partial charge in [0.2, 0.25) is 0 Å². The molecular formula is C29H28Cl2N4O4S. The van der Waals surface area contributed by atoms with Gasteiger partial charge < -0.3 is 9.30 Å². The second-order valence-electron chi connectivity index (χ2n) is 8.80. The summed E-state index contributed by atoms with van der Waals surface area (Å²) in [6.07, 6.45) is 1.52. The van der Waals surface area contributed by atoms with Crippen LogP contribution in [-0.4, -0.2) is 38.3 Å². The van der Waals surface area contributed by atoms with Crippen molar-refractivity contribution >= 4 is 51.0 Å². The summed E-state index contributed by atoms with van der Waals surface area (Å²) in [5.41, 5.74) is 6.16. The third kappa shape index (κ3) is 6.50. The fourth-order valence-corrected chi connectivity index (χ4v) is 5.95. The molecule has 208 valence electrons. The molecule has 0 saturated heterocycles. The Labute approximate surface area is 243 Å². The highest BCUT2D eigenvalue weighted by Gasteiger charge is 2.27. The lowest BCUT2D eigenvalue weighted by Crippen LogP contribution is -2.39. The molecule has 4 rings (SSSR count). The molecule has 1 amide bonds. The summed E-state index contributed by atoms with van der Waals surface area (Å²) < 4.78 is 35.6. The normalized spacial score (nSPS) is 11.5. The number of aromatic nitrogens is 1. The number of anilines is 1. The van der Waals surface area contributed by atoms with Crippen molar-refractivity contribution in [3.8, 4) is 11.4 Å². The summed E-state index contributed by atoms with van der Waals surface area (Å²) in [6, 6.07) is 21.6. The van der Waals surface area contributed by atoms with Crippen LogP contribution in [-0.2, 0) is 14.8 Å². The van der Waals surface area contributed by atoms with Crippen molar-refractivity contribution in [3.63, 3.8) is 0 Å². The molecule has 0 aliphatic carbocycles. The van der Waals surface area contributed by atoms with E-state index in [9.17, 15) is 13.2 Å². The van der Waals surface area contributed by atoms with Crippen LogP contribution >= 0.6 is 23.2 Å². The minimum Gasteiger partial charge on any atom is -0.494 e. The number of benzene rings is 3. The molecule has 11 heteroatoms. The Balaban J connectivity index is 1.56. The van der Waals surface area contributed by atoms with E-state index >= 15 is 0 Å². The highest BCUT2D eigenvalue weighted by atomic mass is 35.5. The zero-order valence-corrected chi connectivity index (χ0v) is 24.5. The summed E-state index contributed by atoms with van der Waals surface area (Å²) in [7, 11) is -4.11. The number of nitrogens with one attached hydrogen (secondary N) is 1. The Kier molecular flexibility index (Phi) is 9.19. The number of nitrogens with zero attached hydrogens (tertiary/aromatic N) is 3. The van der Waals surface area contributed by atoms with Gasteiger partial charge in [0.25, 0.3) is 15.9 Å². The van der Waals surface area contributed by atoms with E-state index < -0.39 is 22.5 Å². The van der Waals surface area contributed by atoms with Gasteiger partial charge in [0.1, 0.15) is 12.3 Å². The van der Waals surface area contributed by atoms with Crippen molar-refractivity contribution in [2.45, 2.75) is 25.7 Å². The average Bonchev–Trinajstić information content (AvgIpc) is 3.21. The molecule has 0 fully saturated rings. The van der Waals surface area contributed by atoms with Gasteiger partial charge in [-0.3, -0.25) is 9.10 Å². The van der Waals surface area contributed by atoms with Gasteiger partial charge in [0.15, 0.2) is 0 Å². The molecule has 0 atom stereocenters. The molecule has 40 heavy (non-hydrogen) atoms. The average molecular weight is 600 g/mol. The van der Waals surface area contributed by atoms with Crippen LogP contribution in [0.15, 0.2) is 88.9 Å². The maximum Gasteiger partial charge on any atom is 0.264 e. The van der Waals surface area contributed by atoms with Gasteiger partial charge in [-0.1, -0.05) is 35.3 Å². The summed E-state index contributed by atoms with van der Waals surface area (Å²) in [4.78, 5) is 12.9. The molecule has 0 bridgehead atoms. The van der Waals surface area contributed by atoms with Gasteiger partial charge >= 0.3 is 0 Å². The minimum absolute atomic E-state index is 0.00546. The van der Waals surface area contributed by atoms with Crippen LogP contribution < -0.4 is 14.5 Å². The molecule has 1 N–H and O–H groups in total. The topological polar surface area (TPSA) is 93.0 Å². The summed E-state index contributed by atoms with van der Waals surface area (Å²) in [5.74, 6) is -0.0406. The molecule has 1 heterocycles. The first-order valence-corrected chi connectivity index (χ1v) is 14.6. The van der Waals surface area contributed by atoms with Crippen molar-refractivity contribution in [3.05, 3.63) is 106 Å². The molecule has 0 saturated carbocycles. The SMILES string of the molecule is CCOc1ccc(N(CC(=O)N/N=C/c2cc(C)n(-c3ccccc3Cl)c2C)S(=O)(=O)c2ccc(Cl)cc2)cc1. The lowest BCUT2D eigenvalue weighted by Gasteiger charge is -2.24. The highest BCUT2D eigenvalue weighted by Crippen LogP contribution is 2.27. The van der Waals surface area contributed by atoms with Crippen LogP contribution in [0.25, 0.3) is 5.69 Å². The van der Waals surface area contributed by atoms with Crippen molar-refractivity contribution in [1.29, 1.82) is 0 Å². The number of carbonyl (C=O) groups is 1. The van der Waals surface area contributed by atoms with Gasteiger partial charge in [0.05, 0.1) is 34.1 Å². The van der Waals surface area contributed by atoms with E-state index in [1.54, 1.807) is 24.3 Å². The van der Waals surface area contributed by atoms with E-state index in [2.05, 4.69) is 10.5 Å². The molecule has 0 unspecified atom stereocenters. The molecule has 0 spiro atoms. The predicted molar refractivity (Wildman–Crippen MR) is 160 cm³/mol. The number of ether oxygens (including phenoxy) is 1. The number of para-hydroxylation sites is 1. The Morgan fingerprint density at radius 2 is 1.70 bits per heavy atom. The summed E-state index contributed by atoms with van der Waals surface area (Å²) in [6.45, 7) is 5.68. The number of hydrogen-bond acceptors (Lipinski definition) is 5. The second-order valence-corrected chi connectivity index (χ2v) is 11.5. The molecule has 1 aromatic heterocycles. The quantitative estimate of drug-likeness (QED) is 0.175. The molecule has 8 nitrogen and oxygen atoms in total. The number of carbonyl (C=O) groups excluding carboxylic acids is 1. The van der Waals surface area contributed by atoms with E-state index in [1.165, 1.54) is 30.5 Å². The third-order valence-electron chi connectivity index (χ3n) is 6.08. The molecular weight excluding hydrogens is 571 g/mol. The predicted octanol–water partition coefficient (Wildman–Crippen LogP) is 6.15. The second kappa shape index (κ2) is 12.6. The van der Waals surface area contributed by atoms with Gasteiger partial charge in [0, 0.05) is 22.0 Å². The Morgan fingerprint density at radius 1 is 1.02 bits per heavy atom. The number of hydrazone groups is 1. The molecule has 3 aromatic carbocycles. The number of sulfonamides is 1. The monoisotopic (exact) mass is 598 g/mol. The Hall–Kier alpha value is -3.79. The van der Waals surface area contributed by atoms with E-state index in [-0.39, 0.29) is 4.90 Å². The number of amides is 1. The Bertz CT molecular complexity index is 1630. The molecule has 4 aromatic rings. The van der Waals surface area contributed by atoms with Crippen LogP contribution in [0.4, 0.5) is 5.69 Å². The largest absolute Gasteiger partial charge is 0.494 e. The maximum absolute atomic E-state index is 13.6. The number of aryl methyl sites for hydroxylation is 1. The Morgan fingerprint density at radius 3 is 2.35 bits per heavy atom. The van der Waals surface area contributed by atoms with Crippen LogP contribution in [0.1, 0.15) is 23.9 Å². The molecule has 0 radical (unpaired) electrons. The fourth-order valence-electron chi connectivity index (χ4n) is 4.19. The lowest BCUT2D eigenvalue weighted by atomic mass is 10.2.